The third kappa shape index (κ3) is 3.47. The zero-order valence-corrected chi connectivity index (χ0v) is 9.99. The van der Waals surface area contributed by atoms with Gasteiger partial charge in [-0.25, -0.2) is 0 Å². The van der Waals surface area contributed by atoms with E-state index in [1.54, 1.807) is 0 Å². The highest BCUT2D eigenvalue weighted by molar-refractivity contribution is 5.81. The van der Waals surface area contributed by atoms with E-state index >= 15 is 0 Å². The van der Waals surface area contributed by atoms with Crippen molar-refractivity contribution in [3.05, 3.63) is 0 Å². The number of rotatable bonds is 4. The van der Waals surface area contributed by atoms with Crippen LogP contribution in [0.1, 0.15) is 33.6 Å². The second-order valence-electron chi connectivity index (χ2n) is 4.54. The quantitative estimate of drug-likeness (QED) is 0.707. The van der Waals surface area contributed by atoms with Crippen LogP contribution < -0.4 is 11.1 Å². The minimum absolute atomic E-state index is 0.0486. The fourth-order valence-electron chi connectivity index (χ4n) is 1.80. The van der Waals surface area contributed by atoms with Gasteiger partial charge in [-0.05, 0) is 26.7 Å². The Labute approximate surface area is 92.2 Å². The number of carbonyl (C=O) groups excluding carboxylic acids is 1. The maximum Gasteiger partial charge on any atom is 0.237 e. The molecule has 1 fully saturated rings. The summed E-state index contributed by atoms with van der Waals surface area (Å²) < 4.78 is 0. The van der Waals surface area contributed by atoms with Crippen molar-refractivity contribution in [1.29, 1.82) is 0 Å². The van der Waals surface area contributed by atoms with Gasteiger partial charge in [-0.3, -0.25) is 9.69 Å². The molecule has 0 saturated carbocycles. The molecule has 0 radical (unpaired) electrons. The van der Waals surface area contributed by atoms with Gasteiger partial charge in [-0.1, -0.05) is 6.92 Å². The molecule has 4 nitrogen and oxygen atoms in total. The lowest BCUT2D eigenvalue weighted by Crippen LogP contribution is -2.47. The fourth-order valence-corrected chi connectivity index (χ4v) is 1.80. The standard InChI is InChI=1S/C11H23N3O/c1-4-8(2)13-11(15)9(3)14-6-5-10(12)7-14/h8-10H,4-7,12H2,1-3H3,(H,13,15). The fraction of sp³-hybridized carbons (Fsp3) is 0.909. The smallest absolute Gasteiger partial charge is 0.237 e. The normalized spacial score (nSPS) is 26.3. The van der Waals surface area contributed by atoms with Crippen LogP contribution in [0.4, 0.5) is 0 Å². The molecule has 0 aromatic rings. The van der Waals surface area contributed by atoms with Gasteiger partial charge >= 0.3 is 0 Å². The molecule has 0 spiro atoms. The van der Waals surface area contributed by atoms with Crippen LogP contribution in [-0.4, -0.2) is 42.0 Å². The van der Waals surface area contributed by atoms with Crippen molar-refractivity contribution in [2.45, 2.75) is 51.7 Å². The summed E-state index contributed by atoms with van der Waals surface area (Å²) in [6, 6.07) is 0.452. The molecule has 1 saturated heterocycles. The van der Waals surface area contributed by atoms with Gasteiger partial charge < -0.3 is 11.1 Å². The molecular formula is C11H23N3O. The van der Waals surface area contributed by atoms with Gasteiger partial charge in [-0.2, -0.15) is 0 Å². The van der Waals surface area contributed by atoms with E-state index in [1.807, 2.05) is 13.8 Å². The monoisotopic (exact) mass is 213 g/mol. The summed E-state index contributed by atoms with van der Waals surface area (Å²) in [5.41, 5.74) is 5.82. The Morgan fingerprint density at radius 2 is 2.27 bits per heavy atom. The van der Waals surface area contributed by atoms with E-state index in [1.165, 1.54) is 0 Å². The number of nitrogens with two attached hydrogens (primary N) is 1. The highest BCUT2D eigenvalue weighted by Gasteiger charge is 2.27. The first-order chi connectivity index (χ1) is 7.04. The van der Waals surface area contributed by atoms with Gasteiger partial charge in [0.2, 0.25) is 5.91 Å². The lowest BCUT2D eigenvalue weighted by atomic mass is 10.2. The summed E-state index contributed by atoms with van der Waals surface area (Å²) in [7, 11) is 0. The minimum Gasteiger partial charge on any atom is -0.352 e. The molecule has 15 heavy (non-hydrogen) atoms. The molecule has 1 aliphatic heterocycles. The molecule has 3 N–H and O–H groups in total. The highest BCUT2D eigenvalue weighted by atomic mass is 16.2. The summed E-state index contributed by atoms with van der Waals surface area (Å²) in [6.07, 6.45) is 1.97. The van der Waals surface area contributed by atoms with Crippen molar-refractivity contribution in [2.24, 2.45) is 5.73 Å². The average molecular weight is 213 g/mol. The molecule has 1 amide bonds. The van der Waals surface area contributed by atoms with Crippen molar-refractivity contribution in [1.82, 2.24) is 10.2 Å². The van der Waals surface area contributed by atoms with E-state index in [-0.39, 0.29) is 24.0 Å². The summed E-state index contributed by atoms with van der Waals surface area (Å²) in [5.74, 6) is 0.124. The van der Waals surface area contributed by atoms with Crippen molar-refractivity contribution >= 4 is 5.91 Å². The van der Waals surface area contributed by atoms with Crippen LogP contribution >= 0.6 is 0 Å². The highest BCUT2D eigenvalue weighted by Crippen LogP contribution is 2.11. The van der Waals surface area contributed by atoms with Gasteiger partial charge in [0, 0.05) is 25.2 Å². The van der Waals surface area contributed by atoms with E-state index in [9.17, 15) is 4.79 Å². The Morgan fingerprint density at radius 3 is 2.73 bits per heavy atom. The average Bonchev–Trinajstić information content (AvgIpc) is 2.63. The molecule has 88 valence electrons. The second-order valence-corrected chi connectivity index (χ2v) is 4.54. The molecule has 4 heteroatoms. The van der Waals surface area contributed by atoms with Crippen LogP contribution in [-0.2, 0) is 4.79 Å². The SMILES string of the molecule is CCC(C)NC(=O)C(C)N1CCC(N)C1. The Bertz CT molecular complexity index is 220. The molecule has 0 aromatic carbocycles. The molecule has 3 unspecified atom stereocenters. The first kappa shape index (κ1) is 12.5. The van der Waals surface area contributed by atoms with Crippen molar-refractivity contribution in [2.75, 3.05) is 13.1 Å². The lowest BCUT2D eigenvalue weighted by molar-refractivity contribution is -0.126. The van der Waals surface area contributed by atoms with E-state index in [0.29, 0.717) is 0 Å². The van der Waals surface area contributed by atoms with Crippen molar-refractivity contribution in [3.63, 3.8) is 0 Å². The number of hydrogen-bond donors (Lipinski definition) is 2. The van der Waals surface area contributed by atoms with Crippen LogP contribution in [0.2, 0.25) is 0 Å². The van der Waals surface area contributed by atoms with Crippen LogP contribution in [0, 0.1) is 0 Å². The van der Waals surface area contributed by atoms with Crippen LogP contribution in [0.15, 0.2) is 0 Å². The molecule has 1 rings (SSSR count). The summed E-state index contributed by atoms with van der Waals surface area (Å²) >= 11 is 0. The van der Waals surface area contributed by atoms with Crippen LogP contribution in [0.25, 0.3) is 0 Å². The second kappa shape index (κ2) is 5.47. The van der Waals surface area contributed by atoms with Gasteiger partial charge in [0.15, 0.2) is 0 Å². The molecule has 0 aliphatic carbocycles. The van der Waals surface area contributed by atoms with Gasteiger partial charge in [0.1, 0.15) is 0 Å². The lowest BCUT2D eigenvalue weighted by Gasteiger charge is -2.24. The van der Waals surface area contributed by atoms with E-state index in [4.69, 9.17) is 5.73 Å². The Morgan fingerprint density at radius 1 is 1.60 bits per heavy atom. The number of nitrogens with one attached hydrogen (secondary N) is 1. The third-order valence-electron chi connectivity index (χ3n) is 3.18. The van der Waals surface area contributed by atoms with Crippen LogP contribution in [0.5, 0.6) is 0 Å². The first-order valence-electron chi connectivity index (χ1n) is 5.84. The molecule has 1 heterocycles. The van der Waals surface area contributed by atoms with Crippen molar-refractivity contribution in [3.8, 4) is 0 Å². The number of amides is 1. The maximum atomic E-state index is 11.8. The Kier molecular flexibility index (Phi) is 4.54. The molecular weight excluding hydrogens is 190 g/mol. The zero-order valence-electron chi connectivity index (χ0n) is 9.99. The summed E-state index contributed by atoms with van der Waals surface area (Å²) in [6.45, 7) is 7.84. The summed E-state index contributed by atoms with van der Waals surface area (Å²) in [5, 5.41) is 3.00. The van der Waals surface area contributed by atoms with E-state index in [0.717, 1.165) is 25.9 Å². The van der Waals surface area contributed by atoms with Crippen molar-refractivity contribution < 1.29 is 4.79 Å². The molecule has 0 aromatic heterocycles. The first-order valence-corrected chi connectivity index (χ1v) is 5.84. The predicted octanol–water partition coefficient (Wildman–Crippen LogP) is 0.323. The number of likely N-dealkylation sites (tertiary alicyclic amines) is 1. The van der Waals surface area contributed by atoms with E-state index < -0.39 is 0 Å². The predicted molar refractivity (Wildman–Crippen MR) is 61.5 cm³/mol. The molecule has 1 aliphatic rings. The molecule has 3 atom stereocenters. The summed E-state index contributed by atoms with van der Waals surface area (Å²) in [4.78, 5) is 14.0. The minimum atomic E-state index is -0.0486. The van der Waals surface area contributed by atoms with Gasteiger partial charge in [0.25, 0.3) is 0 Å². The maximum absolute atomic E-state index is 11.8. The number of carbonyl (C=O) groups is 1. The largest absolute Gasteiger partial charge is 0.352 e. The Hall–Kier alpha value is -0.610. The third-order valence-corrected chi connectivity index (χ3v) is 3.18. The van der Waals surface area contributed by atoms with Crippen LogP contribution in [0.3, 0.4) is 0 Å². The number of hydrogen-bond acceptors (Lipinski definition) is 3. The zero-order chi connectivity index (χ0) is 11.4. The van der Waals surface area contributed by atoms with Gasteiger partial charge in [0.05, 0.1) is 6.04 Å². The number of nitrogens with zero attached hydrogens (tertiary/aromatic N) is 1. The molecule has 0 bridgehead atoms. The van der Waals surface area contributed by atoms with E-state index in [2.05, 4.69) is 17.1 Å². The topological polar surface area (TPSA) is 58.4 Å². The Balaban J connectivity index is 2.39. The van der Waals surface area contributed by atoms with Gasteiger partial charge in [-0.15, -0.1) is 0 Å².